The number of nitro groups is 1. The highest BCUT2D eigenvalue weighted by molar-refractivity contribution is 9.10. The summed E-state index contributed by atoms with van der Waals surface area (Å²) in [6, 6.07) is 5.12. The van der Waals surface area contributed by atoms with Gasteiger partial charge in [-0.25, -0.2) is 0 Å². The van der Waals surface area contributed by atoms with Crippen molar-refractivity contribution in [2.45, 2.75) is 12.8 Å². The van der Waals surface area contributed by atoms with E-state index in [1.165, 1.54) is 0 Å². The van der Waals surface area contributed by atoms with Crippen LogP contribution in [-0.2, 0) is 4.74 Å². The molecule has 0 radical (unpaired) electrons. The van der Waals surface area contributed by atoms with Crippen LogP contribution in [0.15, 0.2) is 22.7 Å². The summed E-state index contributed by atoms with van der Waals surface area (Å²) in [6.45, 7) is 3.31. The summed E-state index contributed by atoms with van der Waals surface area (Å²) in [4.78, 5) is 13.0. The molecule has 2 heterocycles. The van der Waals surface area contributed by atoms with Crippen LogP contribution in [0.5, 0.6) is 0 Å². The van der Waals surface area contributed by atoms with Crippen molar-refractivity contribution in [1.29, 1.82) is 0 Å². The molecule has 2 aliphatic rings. The van der Waals surface area contributed by atoms with E-state index in [0.717, 1.165) is 43.6 Å². The second-order valence-electron chi connectivity index (χ2n) is 5.36. The molecule has 19 heavy (non-hydrogen) atoms. The quantitative estimate of drug-likeness (QED) is 0.619. The first-order valence-electron chi connectivity index (χ1n) is 6.36. The third-order valence-corrected chi connectivity index (χ3v) is 4.59. The van der Waals surface area contributed by atoms with Gasteiger partial charge in [0.15, 0.2) is 0 Å². The van der Waals surface area contributed by atoms with Crippen LogP contribution in [0.1, 0.15) is 12.8 Å². The van der Waals surface area contributed by atoms with Gasteiger partial charge in [0.25, 0.3) is 5.69 Å². The summed E-state index contributed by atoms with van der Waals surface area (Å²) in [6.07, 6.45) is 2.11. The summed E-state index contributed by atoms with van der Waals surface area (Å²) >= 11 is 3.39. The average molecular weight is 327 g/mol. The van der Waals surface area contributed by atoms with E-state index < -0.39 is 0 Å². The number of nitrogens with zero attached hydrogens (tertiary/aromatic N) is 2. The molecule has 1 spiro atoms. The molecule has 0 aliphatic carbocycles. The van der Waals surface area contributed by atoms with Crippen LogP contribution in [0, 0.1) is 15.5 Å². The van der Waals surface area contributed by atoms with E-state index in [1.807, 2.05) is 6.07 Å². The van der Waals surface area contributed by atoms with Crippen LogP contribution < -0.4 is 4.90 Å². The van der Waals surface area contributed by atoms with Crippen LogP contribution in [0.4, 0.5) is 11.4 Å². The van der Waals surface area contributed by atoms with Crippen LogP contribution >= 0.6 is 15.9 Å². The molecule has 0 N–H and O–H groups in total. The Morgan fingerprint density at radius 1 is 1.42 bits per heavy atom. The minimum absolute atomic E-state index is 0.180. The number of nitro benzene ring substituents is 1. The molecule has 6 heteroatoms. The zero-order valence-corrected chi connectivity index (χ0v) is 12.1. The second-order valence-corrected chi connectivity index (χ2v) is 6.28. The smallest absolute Gasteiger partial charge is 0.292 e. The van der Waals surface area contributed by atoms with E-state index in [2.05, 4.69) is 20.8 Å². The van der Waals surface area contributed by atoms with Gasteiger partial charge in [-0.3, -0.25) is 10.1 Å². The Balaban J connectivity index is 1.90. The minimum Gasteiger partial charge on any atom is -0.381 e. The summed E-state index contributed by atoms with van der Waals surface area (Å²) in [5.74, 6) is 0. The van der Waals surface area contributed by atoms with Crippen molar-refractivity contribution < 1.29 is 9.66 Å². The van der Waals surface area contributed by atoms with Gasteiger partial charge in [0, 0.05) is 35.7 Å². The predicted molar refractivity (Wildman–Crippen MR) is 75.5 cm³/mol. The molecule has 1 aromatic rings. The highest BCUT2D eigenvalue weighted by Gasteiger charge is 2.42. The predicted octanol–water partition coefficient (Wildman–Crippen LogP) is 2.97. The lowest BCUT2D eigenvalue weighted by Gasteiger charge is -2.23. The molecule has 0 amide bonds. The Morgan fingerprint density at radius 3 is 2.95 bits per heavy atom. The highest BCUT2D eigenvalue weighted by Crippen LogP contribution is 2.42. The van der Waals surface area contributed by atoms with Crippen molar-refractivity contribution in [3.05, 3.63) is 32.8 Å². The van der Waals surface area contributed by atoms with Crippen molar-refractivity contribution in [2.24, 2.45) is 5.41 Å². The van der Waals surface area contributed by atoms with E-state index in [1.54, 1.807) is 12.1 Å². The Labute approximate surface area is 119 Å². The third-order valence-electron chi connectivity index (χ3n) is 4.10. The maximum atomic E-state index is 11.1. The highest BCUT2D eigenvalue weighted by atomic mass is 79.9. The van der Waals surface area contributed by atoms with Gasteiger partial charge in [0.2, 0.25) is 0 Å². The van der Waals surface area contributed by atoms with Gasteiger partial charge >= 0.3 is 0 Å². The maximum absolute atomic E-state index is 11.1. The molecule has 5 nitrogen and oxygen atoms in total. The largest absolute Gasteiger partial charge is 0.381 e. The Bertz CT molecular complexity index is 515. The number of benzene rings is 1. The fourth-order valence-corrected chi connectivity index (χ4v) is 3.37. The van der Waals surface area contributed by atoms with E-state index in [-0.39, 0.29) is 16.0 Å². The summed E-state index contributed by atoms with van der Waals surface area (Å²) in [5.41, 5.74) is 1.10. The van der Waals surface area contributed by atoms with Gasteiger partial charge in [-0.1, -0.05) is 15.9 Å². The van der Waals surface area contributed by atoms with Crippen molar-refractivity contribution >= 4 is 27.3 Å². The standard InChI is InChI=1S/C13H15BrN2O3/c14-10-1-2-11(16(17)18)12(7-10)15-5-3-13(8-15)4-6-19-9-13/h1-2,7H,3-6,8-9H2/t13-/m0/s1. The molecule has 2 aliphatic heterocycles. The first-order chi connectivity index (χ1) is 9.10. The Hall–Kier alpha value is -1.14. The van der Waals surface area contributed by atoms with Gasteiger partial charge in [0.05, 0.1) is 11.5 Å². The molecule has 2 fully saturated rings. The molecule has 1 aromatic carbocycles. The Kier molecular flexibility index (Phi) is 3.22. The van der Waals surface area contributed by atoms with Gasteiger partial charge in [0.1, 0.15) is 5.69 Å². The number of halogens is 1. The molecule has 2 saturated heterocycles. The first-order valence-corrected chi connectivity index (χ1v) is 7.16. The van der Waals surface area contributed by atoms with Gasteiger partial charge in [-0.2, -0.15) is 0 Å². The van der Waals surface area contributed by atoms with Gasteiger partial charge < -0.3 is 9.64 Å². The summed E-state index contributed by atoms with van der Waals surface area (Å²) < 4.78 is 6.37. The molecule has 0 unspecified atom stereocenters. The minimum atomic E-state index is -0.308. The van der Waals surface area contributed by atoms with Crippen molar-refractivity contribution in [1.82, 2.24) is 0 Å². The molecule has 0 bridgehead atoms. The van der Waals surface area contributed by atoms with Crippen molar-refractivity contribution in [3.63, 3.8) is 0 Å². The molecule has 0 saturated carbocycles. The molecule has 102 valence electrons. The van der Waals surface area contributed by atoms with Crippen LogP contribution in [0.25, 0.3) is 0 Å². The SMILES string of the molecule is O=[N+]([O-])c1ccc(Br)cc1N1CC[C@]2(CCOC2)C1. The fourth-order valence-electron chi connectivity index (χ4n) is 3.02. The topological polar surface area (TPSA) is 55.6 Å². The Morgan fingerprint density at radius 2 is 2.26 bits per heavy atom. The van der Waals surface area contributed by atoms with Crippen LogP contribution in [0.2, 0.25) is 0 Å². The summed E-state index contributed by atoms with van der Waals surface area (Å²) in [7, 11) is 0. The zero-order chi connectivity index (χ0) is 13.5. The van der Waals surface area contributed by atoms with Crippen LogP contribution in [0.3, 0.4) is 0 Å². The first kappa shape index (κ1) is 12.9. The molecule has 0 aromatic heterocycles. The monoisotopic (exact) mass is 326 g/mol. The lowest BCUT2D eigenvalue weighted by molar-refractivity contribution is -0.384. The van der Waals surface area contributed by atoms with Gasteiger partial charge in [-0.15, -0.1) is 0 Å². The number of ether oxygens (including phenoxy) is 1. The number of anilines is 1. The summed E-state index contributed by atoms with van der Waals surface area (Å²) in [5, 5.41) is 11.1. The van der Waals surface area contributed by atoms with E-state index in [0.29, 0.717) is 5.69 Å². The molecular formula is C13H15BrN2O3. The second kappa shape index (κ2) is 4.76. The third kappa shape index (κ3) is 2.34. The molecule has 1 atom stereocenters. The fraction of sp³-hybridized carbons (Fsp3) is 0.538. The number of hydrogen-bond donors (Lipinski definition) is 0. The maximum Gasteiger partial charge on any atom is 0.292 e. The average Bonchev–Trinajstić information content (AvgIpc) is 3.00. The normalized spacial score (nSPS) is 26.3. The number of hydrogen-bond acceptors (Lipinski definition) is 4. The zero-order valence-electron chi connectivity index (χ0n) is 10.5. The van der Waals surface area contributed by atoms with Crippen LogP contribution in [-0.4, -0.2) is 31.2 Å². The van der Waals surface area contributed by atoms with Crippen molar-refractivity contribution in [3.8, 4) is 0 Å². The lowest BCUT2D eigenvalue weighted by atomic mass is 9.87. The van der Waals surface area contributed by atoms with E-state index >= 15 is 0 Å². The molecular weight excluding hydrogens is 312 g/mol. The van der Waals surface area contributed by atoms with Crippen molar-refractivity contribution in [2.75, 3.05) is 31.2 Å². The van der Waals surface area contributed by atoms with E-state index in [4.69, 9.17) is 4.74 Å². The van der Waals surface area contributed by atoms with E-state index in [9.17, 15) is 10.1 Å². The van der Waals surface area contributed by atoms with Gasteiger partial charge in [-0.05, 0) is 25.0 Å². The molecule has 3 rings (SSSR count). The number of rotatable bonds is 2. The lowest BCUT2D eigenvalue weighted by Crippen LogP contribution is -2.27.